The molecule has 3 N–H and O–H groups in total. The molecule has 0 saturated heterocycles. The molecule has 2 aromatic rings. The van der Waals surface area contributed by atoms with Crippen LogP contribution in [0.25, 0.3) is 0 Å². The Labute approximate surface area is 126 Å². The quantitative estimate of drug-likeness (QED) is 0.796. The van der Waals surface area contributed by atoms with E-state index in [0.29, 0.717) is 28.2 Å². The Morgan fingerprint density at radius 2 is 2.20 bits per heavy atom. The summed E-state index contributed by atoms with van der Waals surface area (Å²) < 4.78 is 13.5. The number of ether oxygens (including phenoxy) is 1. The molecule has 1 aromatic heterocycles. The van der Waals surface area contributed by atoms with E-state index in [0.717, 1.165) is 16.8 Å². The van der Waals surface area contributed by atoms with Gasteiger partial charge in [-0.05, 0) is 33.6 Å². The SMILES string of the molecule is [2H]N1ONc2c(NCc3ccc(OC)cc3)ncc(Br)c21. The van der Waals surface area contributed by atoms with E-state index in [1.54, 1.807) is 13.3 Å². The third-order valence-corrected chi connectivity index (χ3v) is 3.49. The number of benzene rings is 1. The lowest BCUT2D eigenvalue weighted by Crippen LogP contribution is -2.03. The van der Waals surface area contributed by atoms with Crippen LogP contribution in [0, 0.1) is 0 Å². The Morgan fingerprint density at radius 3 is 2.95 bits per heavy atom. The van der Waals surface area contributed by atoms with Crippen molar-refractivity contribution in [3.63, 3.8) is 0 Å². The van der Waals surface area contributed by atoms with Crippen LogP contribution in [0.5, 0.6) is 5.75 Å². The maximum atomic E-state index is 7.64. The lowest BCUT2D eigenvalue weighted by molar-refractivity contribution is 0.282. The molecule has 0 aliphatic carbocycles. The molecule has 0 saturated carbocycles. The standard InChI is InChI=1S/C13H13BrN4O2/c1-19-9-4-2-8(3-5-9)6-15-13-12-11(17-20-18-12)10(14)7-16-13/h2-5,7,17-18H,6H2,1H3,(H,15,16)/i/hD. The van der Waals surface area contributed by atoms with Gasteiger partial charge in [-0.2, -0.15) is 4.94 Å². The van der Waals surface area contributed by atoms with Crippen molar-refractivity contribution in [3.8, 4) is 5.75 Å². The van der Waals surface area contributed by atoms with Gasteiger partial charge in [0.25, 0.3) is 0 Å². The monoisotopic (exact) mass is 337 g/mol. The fraction of sp³-hybridized carbons (Fsp3) is 0.154. The third-order valence-electron chi connectivity index (χ3n) is 2.91. The van der Waals surface area contributed by atoms with Gasteiger partial charge in [-0.15, -0.1) is 0 Å². The fourth-order valence-electron chi connectivity index (χ4n) is 1.84. The van der Waals surface area contributed by atoms with Crippen LogP contribution >= 0.6 is 15.9 Å². The van der Waals surface area contributed by atoms with Gasteiger partial charge in [0.1, 0.15) is 17.1 Å². The summed E-state index contributed by atoms with van der Waals surface area (Å²) in [7, 11) is 1.64. The first-order valence-electron chi connectivity index (χ1n) is 6.41. The Bertz CT molecular complexity index is 653. The summed E-state index contributed by atoms with van der Waals surface area (Å²) in [5.41, 5.74) is 5.89. The minimum absolute atomic E-state index is 0.585. The Hall–Kier alpha value is -1.99. The van der Waals surface area contributed by atoms with Crippen molar-refractivity contribution in [1.29, 1.82) is 0 Å². The first-order valence-corrected chi connectivity index (χ1v) is 6.75. The zero-order valence-electron chi connectivity index (χ0n) is 11.7. The van der Waals surface area contributed by atoms with E-state index in [2.05, 4.69) is 31.7 Å². The highest BCUT2D eigenvalue weighted by atomic mass is 79.9. The predicted molar refractivity (Wildman–Crippen MR) is 80.6 cm³/mol. The van der Waals surface area contributed by atoms with Crippen LogP contribution in [0.15, 0.2) is 34.9 Å². The normalized spacial score (nSPS) is 13.5. The van der Waals surface area contributed by atoms with Crippen LogP contribution in [0.2, 0.25) is 1.41 Å². The molecular formula is C13H13BrN4O2. The maximum absolute atomic E-state index is 7.64. The minimum Gasteiger partial charge on any atom is -0.497 e. The Morgan fingerprint density at radius 1 is 1.40 bits per heavy atom. The molecule has 0 amide bonds. The topological polar surface area (TPSA) is 67.4 Å². The number of hydrogen-bond acceptors (Lipinski definition) is 6. The summed E-state index contributed by atoms with van der Waals surface area (Å²) in [5, 5.41) is 3.22. The fourth-order valence-corrected chi connectivity index (χ4v) is 2.21. The highest BCUT2D eigenvalue weighted by molar-refractivity contribution is 9.10. The van der Waals surface area contributed by atoms with Crippen molar-refractivity contribution < 1.29 is 11.1 Å². The number of anilines is 3. The number of pyridine rings is 1. The number of rotatable bonds is 4. The number of fused-ring (bicyclic) bond motifs is 1. The first kappa shape index (κ1) is 11.8. The lowest BCUT2D eigenvalue weighted by Gasteiger charge is -2.10. The number of halogens is 1. The van der Waals surface area contributed by atoms with Crippen molar-refractivity contribution in [2.24, 2.45) is 0 Å². The van der Waals surface area contributed by atoms with Gasteiger partial charge in [0.2, 0.25) is 0 Å². The molecule has 0 radical (unpaired) electrons. The molecule has 7 heteroatoms. The highest BCUT2D eigenvalue weighted by Gasteiger charge is 2.19. The molecule has 104 valence electrons. The molecule has 0 bridgehead atoms. The molecule has 0 atom stereocenters. The first-order chi connectivity index (χ1) is 10.2. The summed E-state index contributed by atoms with van der Waals surface area (Å²) >= 11 is 3.35. The second-order valence-electron chi connectivity index (χ2n) is 4.16. The van der Waals surface area contributed by atoms with E-state index < -0.39 is 0 Å². The molecule has 1 aliphatic heterocycles. The number of aromatic nitrogens is 1. The summed E-state index contributed by atoms with van der Waals surface area (Å²) in [6.45, 7) is 0.602. The maximum Gasteiger partial charge on any atom is 0.198 e. The van der Waals surface area contributed by atoms with Gasteiger partial charge in [0.15, 0.2) is 7.23 Å². The van der Waals surface area contributed by atoms with E-state index in [-0.39, 0.29) is 0 Å². The lowest BCUT2D eigenvalue weighted by atomic mass is 10.2. The van der Waals surface area contributed by atoms with E-state index in [9.17, 15) is 0 Å². The van der Waals surface area contributed by atoms with Crippen molar-refractivity contribution in [2.75, 3.05) is 23.4 Å². The van der Waals surface area contributed by atoms with Crippen LogP contribution in [-0.4, -0.2) is 12.1 Å². The smallest absolute Gasteiger partial charge is 0.198 e. The molecular weight excluding hydrogens is 324 g/mol. The van der Waals surface area contributed by atoms with Crippen molar-refractivity contribution >= 4 is 33.1 Å². The number of nitrogens with zero attached hydrogens (tertiary/aromatic N) is 1. The molecule has 1 aliphatic rings. The van der Waals surface area contributed by atoms with Gasteiger partial charge < -0.3 is 10.1 Å². The van der Waals surface area contributed by atoms with E-state index in [1.807, 2.05) is 24.3 Å². The van der Waals surface area contributed by atoms with E-state index >= 15 is 0 Å². The van der Waals surface area contributed by atoms with Gasteiger partial charge in [-0.3, -0.25) is 0 Å². The van der Waals surface area contributed by atoms with Gasteiger partial charge >= 0.3 is 0 Å². The average Bonchev–Trinajstić information content (AvgIpc) is 2.90. The van der Waals surface area contributed by atoms with E-state index in [4.69, 9.17) is 11.1 Å². The molecule has 3 rings (SSSR count). The van der Waals surface area contributed by atoms with Crippen molar-refractivity contribution in [2.45, 2.75) is 6.54 Å². The summed E-state index contributed by atoms with van der Waals surface area (Å²) in [5.74, 6) is 1.44. The second kappa shape index (κ2) is 5.56. The Kier molecular flexibility index (Phi) is 3.28. The van der Waals surface area contributed by atoms with Crippen LogP contribution in [0.4, 0.5) is 17.2 Å². The highest BCUT2D eigenvalue weighted by Crippen LogP contribution is 2.38. The number of nitrogens with one attached hydrogen (secondary N) is 3. The molecule has 0 fully saturated rings. The molecule has 0 unspecified atom stereocenters. The van der Waals surface area contributed by atoms with Crippen molar-refractivity contribution in [3.05, 3.63) is 40.5 Å². The largest absolute Gasteiger partial charge is 0.497 e. The third kappa shape index (κ3) is 2.50. The Balaban J connectivity index is 1.76. The summed E-state index contributed by atoms with van der Waals surface area (Å²) in [4.78, 5) is 9.25. The molecule has 1 aromatic carbocycles. The predicted octanol–water partition coefficient (Wildman–Crippen LogP) is 3.15. The second-order valence-corrected chi connectivity index (χ2v) is 5.02. The minimum atomic E-state index is 0.585. The number of methoxy groups -OCH3 is 1. The average molecular weight is 338 g/mol. The molecule has 6 nitrogen and oxygen atoms in total. The zero-order chi connectivity index (χ0) is 14.8. The van der Waals surface area contributed by atoms with Crippen LogP contribution in [0.3, 0.4) is 0 Å². The van der Waals surface area contributed by atoms with Crippen LogP contribution in [0.1, 0.15) is 5.56 Å². The molecule has 2 heterocycles. The van der Waals surface area contributed by atoms with Gasteiger partial charge in [-0.25, -0.2) is 15.9 Å². The number of hydrogen-bond donors (Lipinski definition) is 3. The van der Waals surface area contributed by atoms with Crippen LogP contribution in [-0.2, 0) is 11.5 Å². The van der Waals surface area contributed by atoms with Gasteiger partial charge in [0.05, 0.1) is 11.6 Å². The van der Waals surface area contributed by atoms with Gasteiger partial charge in [0, 0.05) is 12.7 Å². The van der Waals surface area contributed by atoms with Crippen molar-refractivity contribution in [1.82, 2.24) is 4.98 Å². The van der Waals surface area contributed by atoms with Gasteiger partial charge in [-0.1, -0.05) is 12.1 Å². The molecule has 20 heavy (non-hydrogen) atoms. The summed E-state index contributed by atoms with van der Waals surface area (Å²) in [6.07, 6.45) is 1.63. The summed E-state index contributed by atoms with van der Waals surface area (Å²) in [6, 6.07) is 7.77. The zero-order valence-corrected chi connectivity index (χ0v) is 12.3. The van der Waals surface area contributed by atoms with Crippen LogP contribution < -0.4 is 21.0 Å². The van der Waals surface area contributed by atoms with E-state index in [1.165, 1.54) is 0 Å². The molecule has 0 spiro atoms.